The molecule has 0 aromatic heterocycles. The summed E-state index contributed by atoms with van der Waals surface area (Å²) in [5.74, 6) is 8.39. The van der Waals surface area contributed by atoms with Crippen LogP contribution in [-0.2, 0) is 0 Å². The van der Waals surface area contributed by atoms with E-state index < -0.39 is 0 Å². The number of nitrogens with zero attached hydrogens (tertiary/aromatic N) is 5. The van der Waals surface area contributed by atoms with Crippen LogP contribution in [0, 0.1) is 58.7 Å². The molecule has 66 heavy (non-hydrogen) atoms. The summed E-state index contributed by atoms with van der Waals surface area (Å²) in [6.07, 6.45) is 20.1. The molecule has 0 aromatic carbocycles. The van der Waals surface area contributed by atoms with E-state index in [4.69, 9.17) is 0 Å². The SMILES string of the molecule is CC(C)(C)C1CC2CCC(C1)N2C(C)(C)C.CC(C)C1CC2CCC(C1)N2C(C)C.CC(C)C1CCCN(C(C)C)CC1.CC(C)C1CCN(C(C)C)C1.CC(C)C1CCN(C(C)C)CC1. The summed E-state index contributed by atoms with van der Waals surface area (Å²) in [4.78, 5) is 13.4. The van der Waals surface area contributed by atoms with Crippen molar-refractivity contribution in [2.75, 3.05) is 39.3 Å². The number of likely N-dealkylation sites (tertiary alicyclic amines) is 3. The zero-order valence-electron chi connectivity index (χ0n) is 49.2. The predicted molar refractivity (Wildman–Crippen MR) is 295 cm³/mol. The van der Waals surface area contributed by atoms with Gasteiger partial charge in [0.1, 0.15) is 0 Å². The third-order valence-electron chi connectivity index (χ3n) is 18.8. The van der Waals surface area contributed by atoms with Gasteiger partial charge in [-0.25, -0.2) is 0 Å². The molecule has 7 aliphatic heterocycles. The smallest absolute Gasteiger partial charge is 0.0130 e. The van der Waals surface area contributed by atoms with Gasteiger partial charge in [0.25, 0.3) is 0 Å². The molecule has 7 heterocycles. The molecule has 0 aromatic rings. The van der Waals surface area contributed by atoms with E-state index in [1.807, 2.05) is 0 Å². The normalized spacial score (nSPS) is 31.0. The molecule has 6 unspecified atom stereocenters. The van der Waals surface area contributed by atoms with E-state index in [1.54, 1.807) is 0 Å². The van der Waals surface area contributed by atoms with Crippen molar-refractivity contribution in [3.63, 3.8) is 0 Å². The lowest BCUT2D eigenvalue weighted by Gasteiger charge is -2.49. The minimum absolute atomic E-state index is 0.370. The Bertz CT molecular complexity index is 1210. The van der Waals surface area contributed by atoms with Gasteiger partial charge in [-0.1, -0.05) is 76.2 Å². The third-order valence-corrected chi connectivity index (χ3v) is 18.8. The fourth-order valence-corrected chi connectivity index (χ4v) is 13.9. The van der Waals surface area contributed by atoms with E-state index in [0.717, 1.165) is 102 Å². The van der Waals surface area contributed by atoms with Crippen LogP contribution in [0.15, 0.2) is 0 Å². The molecule has 7 aliphatic rings. The van der Waals surface area contributed by atoms with Gasteiger partial charge in [-0.05, 0) is 257 Å². The Morgan fingerprint density at radius 3 is 1.05 bits per heavy atom. The van der Waals surface area contributed by atoms with Gasteiger partial charge in [-0.2, -0.15) is 0 Å². The van der Waals surface area contributed by atoms with E-state index in [-0.39, 0.29) is 0 Å². The van der Waals surface area contributed by atoms with Crippen LogP contribution in [0.1, 0.15) is 242 Å². The lowest BCUT2D eigenvalue weighted by molar-refractivity contribution is -0.00409. The first-order valence-electron chi connectivity index (χ1n) is 29.4. The van der Waals surface area contributed by atoms with Gasteiger partial charge >= 0.3 is 0 Å². The highest BCUT2D eigenvalue weighted by Gasteiger charge is 2.47. The van der Waals surface area contributed by atoms with Crippen LogP contribution in [0.2, 0.25) is 0 Å². The summed E-state index contributed by atoms with van der Waals surface area (Å²) >= 11 is 0. The Labute approximate surface area is 416 Å². The minimum Gasteiger partial charge on any atom is -0.301 e. The molecule has 0 aliphatic carbocycles. The highest BCUT2D eigenvalue weighted by atomic mass is 15.3. The van der Waals surface area contributed by atoms with Crippen molar-refractivity contribution in [1.29, 1.82) is 0 Å². The first kappa shape index (κ1) is 60.1. The molecule has 392 valence electrons. The molecular formula is C61H123N5. The van der Waals surface area contributed by atoms with Crippen molar-refractivity contribution in [3.8, 4) is 0 Å². The highest BCUT2D eigenvalue weighted by Crippen LogP contribution is 2.48. The largest absolute Gasteiger partial charge is 0.301 e. The number of fused-ring (bicyclic) bond motifs is 4. The van der Waals surface area contributed by atoms with Gasteiger partial charge in [0.05, 0.1) is 0 Å². The van der Waals surface area contributed by atoms with Gasteiger partial charge < -0.3 is 14.7 Å². The highest BCUT2D eigenvalue weighted by molar-refractivity contribution is 5.02. The second-order valence-corrected chi connectivity index (χ2v) is 28.1. The second-order valence-electron chi connectivity index (χ2n) is 28.1. The fourth-order valence-electron chi connectivity index (χ4n) is 13.9. The number of piperidine rings is 3. The standard InChI is InChI=1S/C15H29N.C13H25N.C12H25N.C11H23N.C10H21N/c1-14(2,3)11-9-12-7-8-13(10-11)16(12)15(4,5)6;1-9(2)11-7-12-5-6-13(8-11)14(12)10(3)4;1-10(2)12-6-5-8-13(9-7-12)11(3)4;1-9(2)11-5-7-12(8-6-11)10(3)4;1-8(2)10-5-6-11(7-10)9(3)4/h11-13H,7-10H2,1-6H3;9-13H,5-8H2,1-4H3;10-12H,5-9H2,1-4H3;9-11H,5-8H2,1-4H3;8-10H,5-7H2,1-4H3. The summed E-state index contributed by atoms with van der Waals surface area (Å²) in [5.41, 5.74) is 0.875. The van der Waals surface area contributed by atoms with Crippen LogP contribution in [0.5, 0.6) is 0 Å². The molecule has 0 radical (unpaired) electrons. The Morgan fingerprint density at radius 2 is 0.712 bits per heavy atom. The van der Waals surface area contributed by atoms with Crippen LogP contribution in [-0.4, -0.2) is 118 Å². The number of hydrogen-bond acceptors (Lipinski definition) is 5. The molecule has 0 spiro atoms. The van der Waals surface area contributed by atoms with Gasteiger partial charge in [0.2, 0.25) is 0 Å². The van der Waals surface area contributed by atoms with Crippen molar-refractivity contribution >= 4 is 0 Å². The lowest BCUT2D eigenvalue weighted by atomic mass is 9.72. The number of hydrogen-bond donors (Lipinski definition) is 0. The summed E-state index contributed by atoms with van der Waals surface area (Å²) in [6, 6.07) is 6.57. The van der Waals surface area contributed by atoms with Crippen LogP contribution < -0.4 is 0 Å². The van der Waals surface area contributed by atoms with E-state index in [0.29, 0.717) is 11.0 Å². The van der Waals surface area contributed by atoms with E-state index in [9.17, 15) is 0 Å². The average Bonchev–Trinajstić information content (AvgIpc) is 3.83. The van der Waals surface area contributed by atoms with Gasteiger partial charge in [-0.3, -0.25) is 9.80 Å². The molecule has 6 atom stereocenters. The quantitative estimate of drug-likeness (QED) is 0.240. The average molecular weight is 927 g/mol. The summed E-state index contributed by atoms with van der Waals surface area (Å²) < 4.78 is 0. The molecule has 0 N–H and O–H groups in total. The maximum absolute atomic E-state index is 2.81. The van der Waals surface area contributed by atoms with Crippen LogP contribution in [0.3, 0.4) is 0 Å². The van der Waals surface area contributed by atoms with Gasteiger partial charge in [0.15, 0.2) is 0 Å². The van der Waals surface area contributed by atoms with E-state index in [1.165, 1.54) is 129 Å². The van der Waals surface area contributed by atoms with Crippen molar-refractivity contribution < 1.29 is 0 Å². The third kappa shape index (κ3) is 18.8. The molecule has 4 bridgehead atoms. The summed E-state index contributed by atoms with van der Waals surface area (Å²) in [5, 5.41) is 0. The van der Waals surface area contributed by atoms with Crippen LogP contribution >= 0.6 is 0 Å². The number of rotatable bonds is 8. The second kappa shape index (κ2) is 27.6. The zero-order chi connectivity index (χ0) is 49.8. The van der Waals surface area contributed by atoms with E-state index >= 15 is 0 Å². The topological polar surface area (TPSA) is 16.2 Å². The minimum atomic E-state index is 0.370. The van der Waals surface area contributed by atoms with Crippen molar-refractivity contribution in [3.05, 3.63) is 0 Å². The first-order chi connectivity index (χ1) is 30.6. The van der Waals surface area contributed by atoms with E-state index in [2.05, 4.69) is 177 Å². The molecule has 7 fully saturated rings. The summed E-state index contributed by atoms with van der Waals surface area (Å²) in [7, 11) is 0. The summed E-state index contributed by atoms with van der Waals surface area (Å²) in [6.45, 7) is 59.8. The molecule has 0 amide bonds. The first-order valence-corrected chi connectivity index (χ1v) is 29.4. The molecule has 0 saturated carbocycles. The molecular weight excluding hydrogens is 803 g/mol. The van der Waals surface area contributed by atoms with Crippen molar-refractivity contribution in [1.82, 2.24) is 24.5 Å². The predicted octanol–water partition coefficient (Wildman–Crippen LogP) is 15.7. The Morgan fingerprint density at radius 1 is 0.348 bits per heavy atom. The monoisotopic (exact) mass is 926 g/mol. The lowest BCUT2D eigenvalue weighted by Crippen LogP contribution is -2.54. The van der Waals surface area contributed by atoms with Crippen molar-refractivity contribution in [2.45, 2.75) is 296 Å². The van der Waals surface area contributed by atoms with Crippen LogP contribution in [0.4, 0.5) is 0 Å². The fraction of sp³-hybridized carbons (Fsp3) is 1.00. The Balaban J connectivity index is 0.000000220. The van der Waals surface area contributed by atoms with Gasteiger partial charge in [0, 0.05) is 60.4 Å². The maximum Gasteiger partial charge on any atom is 0.0130 e. The van der Waals surface area contributed by atoms with Crippen molar-refractivity contribution in [2.24, 2.45) is 58.7 Å². The van der Waals surface area contributed by atoms with Crippen LogP contribution in [0.25, 0.3) is 0 Å². The zero-order valence-corrected chi connectivity index (χ0v) is 49.2. The Hall–Kier alpha value is -0.200. The molecule has 7 rings (SSSR count). The maximum atomic E-state index is 2.81. The molecule has 5 heteroatoms. The Kier molecular flexibility index (Phi) is 25.1. The van der Waals surface area contributed by atoms with Gasteiger partial charge in [-0.15, -0.1) is 0 Å². The molecule has 5 nitrogen and oxygen atoms in total. The molecule has 7 saturated heterocycles.